The average Bonchev–Trinajstić information content (AvgIpc) is 3.38. The Morgan fingerprint density at radius 3 is 2.24 bits per heavy atom. The number of halogens is 2. The SMILES string of the molecule is CC(C)C1=C2[C@H]3CC[C@@H]4[C@@]5(C)CC[C@H](OC(=O)[C@H]6C[C@@H](C(=O)O)C6(C)C)C(C)(C)[C@@H]5CC[C@@]4(C)[C@]3(C)CC[C@@]2(CCNCc2ccc(Cl)c(Cl)c2)CC1=O. The van der Waals surface area contributed by atoms with Crippen molar-refractivity contribution in [1.29, 1.82) is 0 Å². The molecular formula is C46H65Cl2NO5. The normalized spacial score (nSPS) is 40.6. The molecule has 5 fully saturated rings. The molecule has 0 unspecified atom stereocenters. The highest BCUT2D eigenvalue weighted by molar-refractivity contribution is 6.42. The Kier molecular flexibility index (Phi) is 10.2. The summed E-state index contributed by atoms with van der Waals surface area (Å²) in [5, 5.41) is 14.5. The van der Waals surface area contributed by atoms with Gasteiger partial charge in [0.1, 0.15) is 6.10 Å². The smallest absolute Gasteiger partial charge is 0.309 e. The first-order chi connectivity index (χ1) is 25.1. The van der Waals surface area contributed by atoms with Crippen LogP contribution in [-0.2, 0) is 25.7 Å². The third kappa shape index (κ3) is 5.90. The molecule has 6 nitrogen and oxygen atoms in total. The van der Waals surface area contributed by atoms with Crippen LogP contribution in [-0.4, -0.2) is 35.5 Å². The van der Waals surface area contributed by atoms with Crippen LogP contribution in [0.4, 0.5) is 0 Å². The van der Waals surface area contributed by atoms with E-state index in [2.05, 4.69) is 53.8 Å². The Morgan fingerprint density at radius 1 is 0.870 bits per heavy atom. The van der Waals surface area contributed by atoms with Gasteiger partial charge in [-0.25, -0.2) is 0 Å². The van der Waals surface area contributed by atoms with E-state index in [4.69, 9.17) is 27.9 Å². The summed E-state index contributed by atoms with van der Waals surface area (Å²) in [6, 6.07) is 5.81. The zero-order valence-corrected chi connectivity index (χ0v) is 35.8. The standard InChI is InChI=1S/C46H65Cl2NO5/c1-26(2)37-33(50)24-46(20-21-49-25-27-10-12-31(47)32(48)22-27)19-18-44(8)28(38(37)46)11-13-35-43(7)16-15-36(42(5,6)34(43)14-17-45(35,44)9)54-40(53)30-23-29(39(51)52)41(30,3)4/h10,12,22,26,28-30,34-36,49H,11,13-21,23-25H2,1-9H3,(H,51,52)/t28-,29+,30-,34+,35-,36+,43+,44-,45-,46-/m1/s1. The number of esters is 1. The molecule has 6 aliphatic rings. The quantitative estimate of drug-likeness (QED) is 0.191. The molecule has 2 N–H and O–H groups in total. The Morgan fingerprint density at radius 2 is 1.59 bits per heavy atom. The predicted octanol–water partition coefficient (Wildman–Crippen LogP) is 11.1. The lowest BCUT2D eigenvalue weighted by Crippen LogP contribution is -2.66. The Balaban J connectivity index is 1.10. The number of carbonyl (C=O) groups excluding carboxylic acids is 2. The number of hydrogen-bond donors (Lipinski definition) is 2. The van der Waals surface area contributed by atoms with Gasteiger partial charge in [0, 0.05) is 23.8 Å². The predicted molar refractivity (Wildman–Crippen MR) is 215 cm³/mol. The highest BCUT2D eigenvalue weighted by Crippen LogP contribution is 2.77. The molecule has 8 heteroatoms. The van der Waals surface area contributed by atoms with Gasteiger partial charge in [-0.3, -0.25) is 14.4 Å². The molecule has 1 aromatic carbocycles. The number of carboxylic acid groups (broad SMARTS) is 1. The van der Waals surface area contributed by atoms with Crippen LogP contribution >= 0.6 is 23.2 Å². The summed E-state index contributed by atoms with van der Waals surface area (Å²) in [6.45, 7) is 22.3. The lowest BCUT2D eigenvalue weighted by molar-refractivity contribution is -0.236. The van der Waals surface area contributed by atoms with Crippen LogP contribution in [0.15, 0.2) is 29.3 Å². The average molecular weight is 783 g/mol. The van der Waals surface area contributed by atoms with Gasteiger partial charge in [0.2, 0.25) is 0 Å². The van der Waals surface area contributed by atoms with Crippen molar-refractivity contribution in [3.05, 3.63) is 45.0 Å². The molecule has 0 radical (unpaired) electrons. The Hall–Kier alpha value is -1.89. The molecule has 7 rings (SSSR count). The van der Waals surface area contributed by atoms with Crippen LogP contribution in [0.3, 0.4) is 0 Å². The van der Waals surface area contributed by atoms with Gasteiger partial charge in [-0.2, -0.15) is 0 Å². The zero-order valence-electron chi connectivity index (χ0n) is 34.3. The molecule has 0 aromatic heterocycles. The topological polar surface area (TPSA) is 92.7 Å². The number of Topliss-reactive ketones (excluding diaryl/α,β-unsaturated/α-hetero) is 1. The molecule has 54 heavy (non-hydrogen) atoms. The maximum atomic E-state index is 14.0. The minimum absolute atomic E-state index is 0.0702. The van der Waals surface area contributed by atoms with Crippen LogP contribution in [0.2, 0.25) is 10.0 Å². The second-order valence-corrected chi connectivity index (χ2v) is 21.8. The summed E-state index contributed by atoms with van der Waals surface area (Å²) >= 11 is 12.5. The molecular weight excluding hydrogens is 717 g/mol. The van der Waals surface area contributed by atoms with Gasteiger partial charge in [-0.1, -0.05) is 97.2 Å². The van der Waals surface area contributed by atoms with Gasteiger partial charge in [-0.15, -0.1) is 0 Å². The second-order valence-electron chi connectivity index (χ2n) is 20.9. The number of fused-ring (bicyclic) bond motifs is 7. The zero-order chi connectivity index (χ0) is 39.4. The number of carbonyl (C=O) groups is 3. The summed E-state index contributed by atoms with van der Waals surface area (Å²) < 4.78 is 6.43. The third-order valence-corrected chi connectivity index (χ3v) is 18.5. The van der Waals surface area contributed by atoms with E-state index in [-0.39, 0.29) is 51.0 Å². The first-order valence-electron chi connectivity index (χ1n) is 21.0. The highest BCUT2D eigenvalue weighted by atomic mass is 35.5. The molecule has 0 bridgehead atoms. The van der Waals surface area contributed by atoms with Crippen molar-refractivity contribution < 1.29 is 24.2 Å². The molecule has 0 heterocycles. The van der Waals surface area contributed by atoms with Crippen molar-refractivity contribution in [2.75, 3.05) is 6.54 Å². The fraction of sp³-hybridized carbons (Fsp3) is 0.761. The maximum Gasteiger partial charge on any atom is 0.309 e. The van der Waals surface area contributed by atoms with E-state index in [1.807, 2.05) is 32.0 Å². The number of aliphatic carboxylic acids is 1. The van der Waals surface area contributed by atoms with Crippen molar-refractivity contribution in [3.63, 3.8) is 0 Å². The summed E-state index contributed by atoms with van der Waals surface area (Å²) in [6.07, 6.45) is 10.5. The third-order valence-electron chi connectivity index (χ3n) is 17.7. The van der Waals surface area contributed by atoms with Gasteiger partial charge in [0.15, 0.2) is 5.78 Å². The molecule has 6 aliphatic carbocycles. The molecule has 0 aliphatic heterocycles. The Labute approximate surface area is 334 Å². The van der Waals surface area contributed by atoms with Gasteiger partial charge in [0.25, 0.3) is 0 Å². The van der Waals surface area contributed by atoms with E-state index in [1.165, 1.54) is 12.0 Å². The van der Waals surface area contributed by atoms with Crippen molar-refractivity contribution in [2.45, 2.75) is 146 Å². The number of ketones is 1. The van der Waals surface area contributed by atoms with Crippen LogP contribution in [0, 0.1) is 68.0 Å². The van der Waals surface area contributed by atoms with Gasteiger partial charge < -0.3 is 15.2 Å². The van der Waals surface area contributed by atoms with E-state index in [0.29, 0.717) is 46.4 Å². The lowest BCUT2D eigenvalue weighted by atomic mass is 9.33. The minimum atomic E-state index is -0.820. The fourth-order valence-corrected chi connectivity index (χ4v) is 14.7. The van der Waals surface area contributed by atoms with Crippen LogP contribution in [0.25, 0.3) is 0 Å². The Bertz CT molecular complexity index is 1750. The van der Waals surface area contributed by atoms with E-state index in [0.717, 1.165) is 75.6 Å². The number of benzene rings is 1. The van der Waals surface area contributed by atoms with Crippen molar-refractivity contribution in [3.8, 4) is 0 Å². The van der Waals surface area contributed by atoms with E-state index in [9.17, 15) is 19.5 Å². The van der Waals surface area contributed by atoms with Crippen molar-refractivity contribution in [1.82, 2.24) is 5.32 Å². The van der Waals surface area contributed by atoms with Crippen molar-refractivity contribution >= 4 is 40.9 Å². The van der Waals surface area contributed by atoms with Crippen LogP contribution < -0.4 is 5.32 Å². The number of nitrogens with one attached hydrogen (secondary N) is 1. The molecule has 0 spiro atoms. The maximum absolute atomic E-state index is 14.0. The van der Waals surface area contributed by atoms with Gasteiger partial charge in [-0.05, 0) is 139 Å². The molecule has 0 amide bonds. The molecule has 0 saturated heterocycles. The summed E-state index contributed by atoms with van der Waals surface area (Å²) in [5.74, 6) is 0.121. The number of rotatable bonds is 9. The van der Waals surface area contributed by atoms with Crippen LogP contribution in [0.1, 0.15) is 139 Å². The van der Waals surface area contributed by atoms with E-state index >= 15 is 0 Å². The largest absolute Gasteiger partial charge is 0.481 e. The van der Waals surface area contributed by atoms with E-state index in [1.54, 1.807) is 0 Å². The highest BCUT2D eigenvalue weighted by Gasteiger charge is 2.70. The molecule has 5 saturated carbocycles. The van der Waals surface area contributed by atoms with Crippen molar-refractivity contribution in [2.24, 2.45) is 68.0 Å². The minimum Gasteiger partial charge on any atom is -0.481 e. The molecule has 298 valence electrons. The van der Waals surface area contributed by atoms with E-state index < -0.39 is 17.3 Å². The van der Waals surface area contributed by atoms with Gasteiger partial charge in [0.05, 0.1) is 21.9 Å². The number of hydrogen-bond acceptors (Lipinski definition) is 5. The summed E-state index contributed by atoms with van der Waals surface area (Å²) in [7, 11) is 0. The summed E-state index contributed by atoms with van der Waals surface area (Å²) in [4.78, 5) is 39.4. The molecule has 10 atom stereocenters. The first-order valence-corrected chi connectivity index (χ1v) is 21.8. The lowest BCUT2D eigenvalue weighted by Gasteiger charge is -2.72. The van der Waals surface area contributed by atoms with Gasteiger partial charge >= 0.3 is 11.9 Å². The second kappa shape index (κ2) is 13.6. The molecule has 1 aromatic rings. The van der Waals surface area contributed by atoms with Crippen LogP contribution in [0.5, 0.6) is 0 Å². The number of ether oxygens (including phenoxy) is 1. The monoisotopic (exact) mass is 781 g/mol. The number of carboxylic acids is 1. The first kappa shape index (κ1) is 40.3. The summed E-state index contributed by atoms with van der Waals surface area (Å²) in [5.41, 5.74) is 3.31. The fourth-order valence-electron chi connectivity index (χ4n) is 14.4. The number of allylic oxidation sites excluding steroid dienone is 2.